The maximum atomic E-state index is 12.5. The molecule has 6 heteroatoms. The predicted molar refractivity (Wildman–Crippen MR) is 109 cm³/mol. The Balaban J connectivity index is 2.21. The van der Waals surface area contributed by atoms with Crippen molar-refractivity contribution in [1.82, 2.24) is 14.7 Å². The monoisotopic (exact) mass is 376 g/mol. The fourth-order valence-electron chi connectivity index (χ4n) is 2.81. The van der Waals surface area contributed by atoms with E-state index in [2.05, 4.69) is 46.5 Å². The van der Waals surface area contributed by atoms with Crippen LogP contribution in [-0.2, 0) is 12.0 Å². The lowest BCUT2D eigenvalue weighted by Crippen LogP contribution is -2.36. The molecule has 0 aliphatic carbocycles. The zero-order chi connectivity index (χ0) is 19.5. The second kappa shape index (κ2) is 8.23. The van der Waals surface area contributed by atoms with Crippen LogP contribution in [0.5, 0.6) is 0 Å². The molecule has 0 bridgehead atoms. The standard InChI is InChI=1S/C20H29ClN4O/c1-7-14-8-10-15(11-9-14)17(24(5)6)13-22-16-12-23-25(20(2,3)4)19(26)18(16)21/h8-12,17,22H,7,13H2,1-6H3. The number of likely N-dealkylation sites (N-methyl/N-ethyl adjacent to an activating group) is 1. The quantitative estimate of drug-likeness (QED) is 0.829. The number of rotatable bonds is 6. The fraction of sp³-hybridized carbons (Fsp3) is 0.500. The van der Waals surface area contributed by atoms with Crippen molar-refractivity contribution < 1.29 is 0 Å². The average Bonchev–Trinajstić information content (AvgIpc) is 2.57. The number of aromatic nitrogens is 2. The van der Waals surface area contributed by atoms with E-state index in [-0.39, 0.29) is 16.6 Å². The van der Waals surface area contributed by atoms with E-state index in [9.17, 15) is 4.79 Å². The van der Waals surface area contributed by atoms with Crippen LogP contribution in [0.4, 0.5) is 5.69 Å². The Labute approximate surface area is 161 Å². The van der Waals surface area contributed by atoms with Crippen molar-refractivity contribution >= 4 is 17.3 Å². The molecule has 0 saturated heterocycles. The van der Waals surface area contributed by atoms with E-state index in [4.69, 9.17) is 11.6 Å². The van der Waals surface area contributed by atoms with Crippen molar-refractivity contribution in [2.45, 2.75) is 45.7 Å². The third kappa shape index (κ3) is 4.65. The molecule has 1 heterocycles. The van der Waals surface area contributed by atoms with Crippen molar-refractivity contribution in [2.24, 2.45) is 0 Å². The lowest BCUT2D eigenvalue weighted by atomic mass is 10.0. The molecule has 0 amide bonds. The first kappa shape index (κ1) is 20.5. The van der Waals surface area contributed by atoms with Crippen molar-refractivity contribution in [3.8, 4) is 0 Å². The van der Waals surface area contributed by atoms with Crippen LogP contribution in [0.2, 0.25) is 5.02 Å². The molecule has 1 aromatic carbocycles. The number of hydrogen-bond acceptors (Lipinski definition) is 4. The lowest BCUT2D eigenvalue weighted by Gasteiger charge is -2.26. The number of halogens is 1. The van der Waals surface area contributed by atoms with Gasteiger partial charge in [-0.25, -0.2) is 4.68 Å². The highest BCUT2D eigenvalue weighted by molar-refractivity contribution is 6.32. The highest BCUT2D eigenvalue weighted by Gasteiger charge is 2.20. The molecular weight excluding hydrogens is 348 g/mol. The van der Waals surface area contributed by atoms with Gasteiger partial charge in [0.2, 0.25) is 0 Å². The second-order valence-corrected chi connectivity index (χ2v) is 8.09. The summed E-state index contributed by atoms with van der Waals surface area (Å²) in [5.74, 6) is 0. The van der Waals surface area contributed by atoms with Crippen LogP contribution in [0.3, 0.4) is 0 Å². The molecule has 2 aromatic rings. The summed E-state index contributed by atoms with van der Waals surface area (Å²) in [7, 11) is 4.08. The molecule has 26 heavy (non-hydrogen) atoms. The Morgan fingerprint density at radius 1 is 1.23 bits per heavy atom. The normalized spacial score (nSPS) is 13.1. The Hall–Kier alpha value is -1.85. The zero-order valence-corrected chi connectivity index (χ0v) is 17.3. The highest BCUT2D eigenvalue weighted by atomic mass is 35.5. The number of benzene rings is 1. The number of nitrogens with one attached hydrogen (secondary N) is 1. The van der Waals surface area contributed by atoms with Crippen molar-refractivity contribution in [3.63, 3.8) is 0 Å². The second-order valence-electron chi connectivity index (χ2n) is 7.72. The summed E-state index contributed by atoms with van der Waals surface area (Å²) in [6.07, 6.45) is 2.65. The largest absolute Gasteiger partial charge is 0.380 e. The minimum atomic E-state index is -0.410. The van der Waals surface area contributed by atoms with Gasteiger partial charge in [0.25, 0.3) is 5.56 Å². The number of nitrogens with zero attached hydrogens (tertiary/aromatic N) is 3. The van der Waals surface area contributed by atoms with E-state index in [1.165, 1.54) is 15.8 Å². The molecular formula is C20H29ClN4O. The lowest BCUT2D eigenvalue weighted by molar-refractivity contribution is 0.311. The van der Waals surface area contributed by atoms with Gasteiger partial charge in [-0.2, -0.15) is 5.10 Å². The van der Waals surface area contributed by atoms with Gasteiger partial charge in [0.15, 0.2) is 0 Å². The van der Waals surface area contributed by atoms with Crippen LogP contribution < -0.4 is 10.9 Å². The Morgan fingerprint density at radius 2 is 1.85 bits per heavy atom. The Morgan fingerprint density at radius 3 is 2.35 bits per heavy atom. The van der Waals surface area contributed by atoms with E-state index < -0.39 is 5.54 Å². The summed E-state index contributed by atoms with van der Waals surface area (Å²) in [6.45, 7) is 8.54. The molecule has 0 saturated carbocycles. The molecule has 142 valence electrons. The Kier molecular flexibility index (Phi) is 6.48. The number of hydrogen-bond donors (Lipinski definition) is 1. The molecule has 0 spiro atoms. The SMILES string of the molecule is CCc1ccc(C(CNc2cnn(C(C)(C)C)c(=O)c2Cl)N(C)C)cc1. The van der Waals surface area contributed by atoms with Crippen molar-refractivity contribution in [2.75, 3.05) is 26.0 Å². The summed E-state index contributed by atoms with van der Waals surface area (Å²) >= 11 is 6.30. The number of anilines is 1. The molecule has 0 aliphatic heterocycles. The minimum absolute atomic E-state index is 0.155. The van der Waals surface area contributed by atoms with Gasteiger partial charge in [-0.15, -0.1) is 0 Å². The summed E-state index contributed by atoms with van der Waals surface area (Å²) < 4.78 is 1.41. The minimum Gasteiger partial charge on any atom is -0.380 e. The summed E-state index contributed by atoms with van der Waals surface area (Å²) in [6, 6.07) is 8.78. The number of aryl methyl sites for hydroxylation is 1. The molecule has 2 rings (SSSR count). The van der Waals surface area contributed by atoms with E-state index >= 15 is 0 Å². The van der Waals surface area contributed by atoms with Gasteiger partial charge in [-0.05, 0) is 52.4 Å². The molecule has 0 aliphatic rings. The first-order valence-electron chi connectivity index (χ1n) is 8.92. The zero-order valence-electron chi connectivity index (χ0n) is 16.5. The summed E-state index contributed by atoms with van der Waals surface area (Å²) in [4.78, 5) is 14.6. The van der Waals surface area contributed by atoms with Crippen LogP contribution in [0.1, 0.15) is 44.9 Å². The highest BCUT2D eigenvalue weighted by Crippen LogP contribution is 2.23. The van der Waals surface area contributed by atoms with Gasteiger partial charge in [-0.3, -0.25) is 4.79 Å². The smallest absolute Gasteiger partial charge is 0.288 e. The van der Waals surface area contributed by atoms with Crippen LogP contribution in [0.25, 0.3) is 0 Å². The van der Waals surface area contributed by atoms with E-state index in [1.807, 2.05) is 34.9 Å². The molecule has 5 nitrogen and oxygen atoms in total. The predicted octanol–water partition coefficient (Wildman–Crippen LogP) is 3.93. The van der Waals surface area contributed by atoms with Gasteiger partial charge in [-0.1, -0.05) is 42.8 Å². The average molecular weight is 377 g/mol. The van der Waals surface area contributed by atoms with Crippen LogP contribution in [-0.4, -0.2) is 35.3 Å². The van der Waals surface area contributed by atoms with Crippen LogP contribution >= 0.6 is 11.6 Å². The summed E-state index contributed by atoms with van der Waals surface area (Å²) in [5, 5.41) is 7.74. The topological polar surface area (TPSA) is 50.2 Å². The molecule has 1 N–H and O–H groups in total. The molecule has 1 atom stereocenters. The maximum Gasteiger partial charge on any atom is 0.288 e. The van der Waals surface area contributed by atoms with E-state index in [0.717, 1.165) is 6.42 Å². The molecule has 0 radical (unpaired) electrons. The third-order valence-corrected chi connectivity index (χ3v) is 4.80. The van der Waals surface area contributed by atoms with Crippen LogP contribution in [0, 0.1) is 0 Å². The van der Waals surface area contributed by atoms with Gasteiger partial charge < -0.3 is 10.2 Å². The molecule has 1 unspecified atom stereocenters. The van der Waals surface area contributed by atoms with Crippen molar-refractivity contribution in [1.29, 1.82) is 0 Å². The first-order valence-corrected chi connectivity index (χ1v) is 9.30. The van der Waals surface area contributed by atoms with E-state index in [0.29, 0.717) is 12.2 Å². The van der Waals surface area contributed by atoms with Crippen LogP contribution in [0.15, 0.2) is 35.3 Å². The fourth-order valence-corrected chi connectivity index (χ4v) is 3.01. The van der Waals surface area contributed by atoms with E-state index in [1.54, 1.807) is 6.20 Å². The molecule has 1 aromatic heterocycles. The van der Waals surface area contributed by atoms with Gasteiger partial charge in [0.05, 0.1) is 23.5 Å². The maximum absolute atomic E-state index is 12.5. The van der Waals surface area contributed by atoms with Gasteiger partial charge >= 0.3 is 0 Å². The van der Waals surface area contributed by atoms with Crippen molar-refractivity contribution in [3.05, 3.63) is 57.0 Å². The van der Waals surface area contributed by atoms with Gasteiger partial charge in [0.1, 0.15) is 5.02 Å². The Bertz CT molecular complexity index is 791. The third-order valence-electron chi connectivity index (χ3n) is 4.44. The molecule has 0 fully saturated rings. The summed E-state index contributed by atoms with van der Waals surface area (Å²) in [5.41, 5.74) is 2.41. The van der Waals surface area contributed by atoms with Gasteiger partial charge in [0, 0.05) is 6.54 Å². The first-order chi connectivity index (χ1) is 12.1.